The van der Waals surface area contributed by atoms with Crippen LogP contribution in [0, 0.1) is 0 Å². The van der Waals surface area contributed by atoms with E-state index in [1.165, 1.54) is 0 Å². The molecule has 0 unspecified atom stereocenters. The molecule has 1 aromatic carbocycles. The van der Waals surface area contributed by atoms with Crippen molar-refractivity contribution in [3.63, 3.8) is 0 Å². The van der Waals surface area contributed by atoms with Crippen molar-refractivity contribution in [2.24, 2.45) is 0 Å². The molecule has 0 atom stereocenters. The highest BCUT2D eigenvalue weighted by molar-refractivity contribution is 5.88. The van der Waals surface area contributed by atoms with Crippen LogP contribution in [-0.4, -0.2) is 9.78 Å². The van der Waals surface area contributed by atoms with Crippen molar-refractivity contribution in [3.8, 4) is 0 Å². The van der Waals surface area contributed by atoms with Gasteiger partial charge in [-0.1, -0.05) is 12.1 Å². The SMILES string of the molecule is CC(C)(C)n1nc2ccccc2c1N. The highest BCUT2D eigenvalue weighted by Gasteiger charge is 2.18. The van der Waals surface area contributed by atoms with Crippen molar-refractivity contribution in [1.82, 2.24) is 9.78 Å². The number of hydrogen-bond donors (Lipinski definition) is 1. The quantitative estimate of drug-likeness (QED) is 0.691. The Morgan fingerprint density at radius 3 is 2.43 bits per heavy atom. The molecule has 0 fully saturated rings. The molecule has 0 aliphatic carbocycles. The summed E-state index contributed by atoms with van der Waals surface area (Å²) in [5, 5.41) is 5.51. The van der Waals surface area contributed by atoms with Gasteiger partial charge in [-0.25, -0.2) is 4.68 Å². The number of nitrogens with two attached hydrogens (primary N) is 1. The maximum atomic E-state index is 6.03. The van der Waals surface area contributed by atoms with Gasteiger partial charge >= 0.3 is 0 Å². The van der Waals surface area contributed by atoms with Gasteiger partial charge in [-0.05, 0) is 32.9 Å². The van der Waals surface area contributed by atoms with Crippen LogP contribution in [0.4, 0.5) is 5.82 Å². The molecular formula is C11H15N3. The van der Waals surface area contributed by atoms with Crippen LogP contribution in [-0.2, 0) is 5.54 Å². The smallest absolute Gasteiger partial charge is 0.130 e. The van der Waals surface area contributed by atoms with Gasteiger partial charge in [0, 0.05) is 5.39 Å². The summed E-state index contributed by atoms with van der Waals surface area (Å²) in [6, 6.07) is 7.93. The van der Waals surface area contributed by atoms with Crippen molar-refractivity contribution < 1.29 is 0 Å². The molecule has 0 bridgehead atoms. The van der Waals surface area contributed by atoms with Crippen molar-refractivity contribution in [2.75, 3.05) is 5.73 Å². The second-order valence-corrected chi connectivity index (χ2v) is 4.49. The van der Waals surface area contributed by atoms with Crippen LogP contribution in [0.1, 0.15) is 20.8 Å². The molecule has 2 aromatic rings. The molecule has 0 saturated carbocycles. The predicted octanol–water partition coefficient (Wildman–Crippen LogP) is 2.37. The second-order valence-electron chi connectivity index (χ2n) is 4.49. The summed E-state index contributed by atoms with van der Waals surface area (Å²) in [7, 11) is 0. The molecule has 14 heavy (non-hydrogen) atoms. The van der Waals surface area contributed by atoms with Gasteiger partial charge in [0.25, 0.3) is 0 Å². The summed E-state index contributed by atoms with van der Waals surface area (Å²) >= 11 is 0. The molecule has 0 spiro atoms. The summed E-state index contributed by atoms with van der Waals surface area (Å²) in [5.74, 6) is 0.744. The Morgan fingerprint density at radius 1 is 1.21 bits per heavy atom. The van der Waals surface area contributed by atoms with Gasteiger partial charge in [-0.15, -0.1) is 0 Å². The summed E-state index contributed by atoms with van der Waals surface area (Å²) in [4.78, 5) is 0. The first-order valence-electron chi connectivity index (χ1n) is 4.74. The number of nitrogens with zero attached hydrogens (tertiary/aromatic N) is 2. The van der Waals surface area contributed by atoms with E-state index in [2.05, 4.69) is 25.9 Å². The van der Waals surface area contributed by atoms with E-state index in [9.17, 15) is 0 Å². The zero-order valence-electron chi connectivity index (χ0n) is 8.78. The molecule has 1 heterocycles. The fraction of sp³-hybridized carbons (Fsp3) is 0.364. The Bertz CT molecular complexity index is 463. The van der Waals surface area contributed by atoms with E-state index < -0.39 is 0 Å². The Balaban J connectivity index is 2.75. The monoisotopic (exact) mass is 189 g/mol. The molecule has 3 nitrogen and oxygen atoms in total. The highest BCUT2D eigenvalue weighted by Crippen LogP contribution is 2.25. The summed E-state index contributed by atoms with van der Waals surface area (Å²) in [6.07, 6.45) is 0. The van der Waals surface area contributed by atoms with E-state index in [1.54, 1.807) is 0 Å². The number of nitrogen functional groups attached to an aromatic ring is 1. The van der Waals surface area contributed by atoms with Crippen LogP contribution in [0.5, 0.6) is 0 Å². The Hall–Kier alpha value is -1.51. The number of hydrogen-bond acceptors (Lipinski definition) is 2. The van der Waals surface area contributed by atoms with Crippen molar-refractivity contribution in [3.05, 3.63) is 24.3 Å². The first-order chi connectivity index (χ1) is 6.50. The maximum Gasteiger partial charge on any atom is 0.130 e. The van der Waals surface area contributed by atoms with E-state index in [4.69, 9.17) is 5.73 Å². The van der Waals surface area contributed by atoms with Crippen LogP contribution >= 0.6 is 0 Å². The molecule has 0 radical (unpaired) electrons. The number of fused-ring (bicyclic) bond motifs is 1. The third-order valence-electron chi connectivity index (χ3n) is 2.25. The minimum Gasteiger partial charge on any atom is -0.383 e. The first-order valence-corrected chi connectivity index (χ1v) is 4.74. The van der Waals surface area contributed by atoms with Gasteiger partial charge in [-0.3, -0.25) is 0 Å². The van der Waals surface area contributed by atoms with Gasteiger partial charge in [0.05, 0.1) is 11.1 Å². The largest absolute Gasteiger partial charge is 0.383 e. The average Bonchev–Trinajstić information content (AvgIpc) is 2.44. The fourth-order valence-electron chi connectivity index (χ4n) is 1.56. The molecule has 0 aliphatic heterocycles. The lowest BCUT2D eigenvalue weighted by Gasteiger charge is -2.20. The van der Waals surface area contributed by atoms with Crippen LogP contribution in [0.2, 0.25) is 0 Å². The molecule has 0 saturated heterocycles. The normalized spacial score (nSPS) is 12.2. The number of aromatic nitrogens is 2. The third-order valence-corrected chi connectivity index (χ3v) is 2.25. The molecule has 2 rings (SSSR count). The average molecular weight is 189 g/mol. The highest BCUT2D eigenvalue weighted by atomic mass is 15.3. The van der Waals surface area contributed by atoms with E-state index in [0.29, 0.717) is 0 Å². The number of anilines is 1. The van der Waals surface area contributed by atoms with Crippen molar-refractivity contribution in [1.29, 1.82) is 0 Å². The number of rotatable bonds is 0. The van der Waals surface area contributed by atoms with E-state index in [1.807, 2.05) is 28.9 Å². The zero-order chi connectivity index (χ0) is 10.3. The lowest BCUT2D eigenvalue weighted by molar-refractivity contribution is 0.364. The Kier molecular flexibility index (Phi) is 1.77. The zero-order valence-corrected chi connectivity index (χ0v) is 8.78. The summed E-state index contributed by atoms with van der Waals surface area (Å²) in [5.41, 5.74) is 6.92. The lowest BCUT2D eigenvalue weighted by Crippen LogP contribution is -2.24. The van der Waals surface area contributed by atoms with Gasteiger partial charge in [0.2, 0.25) is 0 Å². The lowest BCUT2D eigenvalue weighted by atomic mass is 10.1. The second kappa shape index (κ2) is 2.74. The number of benzene rings is 1. The van der Waals surface area contributed by atoms with Crippen LogP contribution in [0.15, 0.2) is 24.3 Å². The molecule has 2 N–H and O–H groups in total. The van der Waals surface area contributed by atoms with Crippen molar-refractivity contribution in [2.45, 2.75) is 26.3 Å². The maximum absolute atomic E-state index is 6.03. The molecule has 74 valence electrons. The minimum absolute atomic E-state index is 0.0664. The Morgan fingerprint density at radius 2 is 1.86 bits per heavy atom. The summed E-state index contributed by atoms with van der Waals surface area (Å²) in [6.45, 7) is 6.28. The van der Waals surface area contributed by atoms with Crippen LogP contribution < -0.4 is 5.73 Å². The van der Waals surface area contributed by atoms with Crippen molar-refractivity contribution >= 4 is 16.7 Å². The van der Waals surface area contributed by atoms with E-state index in [-0.39, 0.29) is 5.54 Å². The van der Waals surface area contributed by atoms with Gasteiger partial charge in [0.15, 0.2) is 0 Å². The standard InChI is InChI=1S/C11H15N3/c1-11(2,3)14-10(12)8-6-4-5-7-9(8)13-14/h4-7H,12H2,1-3H3. The fourth-order valence-corrected chi connectivity index (χ4v) is 1.56. The molecule has 3 heteroatoms. The Labute approximate surface area is 83.5 Å². The molecular weight excluding hydrogens is 174 g/mol. The van der Waals surface area contributed by atoms with Gasteiger partial charge in [0.1, 0.15) is 5.82 Å². The minimum atomic E-state index is -0.0664. The van der Waals surface area contributed by atoms with Gasteiger partial charge in [-0.2, -0.15) is 5.10 Å². The molecule has 0 amide bonds. The van der Waals surface area contributed by atoms with E-state index >= 15 is 0 Å². The first kappa shape index (κ1) is 9.06. The molecule has 0 aliphatic rings. The molecule has 1 aromatic heterocycles. The van der Waals surface area contributed by atoms with Crippen LogP contribution in [0.3, 0.4) is 0 Å². The van der Waals surface area contributed by atoms with Gasteiger partial charge < -0.3 is 5.73 Å². The predicted molar refractivity (Wildman–Crippen MR) is 59.1 cm³/mol. The topological polar surface area (TPSA) is 43.8 Å². The van der Waals surface area contributed by atoms with E-state index in [0.717, 1.165) is 16.7 Å². The third kappa shape index (κ3) is 1.25. The summed E-state index contributed by atoms with van der Waals surface area (Å²) < 4.78 is 1.87. The van der Waals surface area contributed by atoms with Crippen LogP contribution in [0.25, 0.3) is 10.9 Å².